The highest BCUT2D eigenvalue weighted by Crippen LogP contribution is 2.43. The van der Waals surface area contributed by atoms with Crippen molar-refractivity contribution in [1.29, 1.82) is 0 Å². The van der Waals surface area contributed by atoms with Crippen LogP contribution in [0.5, 0.6) is 0 Å². The van der Waals surface area contributed by atoms with Crippen LogP contribution in [0.3, 0.4) is 0 Å². The molecule has 0 fully saturated rings. The van der Waals surface area contributed by atoms with Gasteiger partial charge < -0.3 is 4.98 Å². The van der Waals surface area contributed by atoms with Crippen LogP contribution >= 0.6 is 0 Å². The number of aryl methyl sites for hydroxylation is 2. The Morgan fingerprint density at radius 2 is 1.26 bits per heavy atom. The molecule has 3 nitrogen and oxygen atoms in total. The van der Waals surface area contributed by atoms with E-state index in [0.29, 0.717) is 0 Å². The Balaban J connectivity index is 1.77. The van der Waals surface area contributed by atoms with E-state index < -0.39 is 0 Å². The van der Waals surface area contributed by atoms with Gasteiger partial charge in [0.15, 0.2) is 0 Å². The summed E-state index contributed by atoms with van der Waals surface area (Å²) in [6, 6.07) is 26.2. The predicted octanol–water partition coefficient (Wildman–Crippen LogP) is 8.15. The molecule has 0 amide bonds. The maximum Gasteiger partial charge on any atom is 0.138 e. The third-order valence-corrected chi connectivity index (χ3v) is 7.16. The van der Waals surface area contributed by atoms with Crippen LogP contribution in [0.25, 0.3) is 44.1 Å². The Kier molecular flexibility index (Phi) is 4.73. The molecule has 5 aromatic rings. The zero-order chi connectivity index (χ0) is 23.4. The lowest BCUT2D eigenvalue weighted by Gasteiger charge is -2.19. The summed E-state index contributed by atoms with van der Waals surface area (Å²) >= 11 is 0. The molecule has 0 spiro atoms. The summed E-state index contributed by atoms with van der Waals surface area (Å²) in [5.41, 5.74) is 10.5. The molecule has 0 bridgehead atoms. The van der Waals surface area contributed by atoms with E-state index in [0.717, 1.165) is 40.6 Å². The van der Waals surface area contributed by atoms with Crippen molar-refractivity contribution < 1.29 is 0 Å². The quantitative estimate of drug-likeness (QED) is 0.301. The molecule has 34 heavy (non-hydrogen) atoms. The first-order valence-corrected chi connectivity index (χ1v) is 11.8. The third-order valence-electron chi connectivity index (χ3n) is 7.16. The van der Waals surface area contributed by atoms with Crippen molar-refractivity contribution in [2.45, 2.75) is 34.1 Å². The minimum absolute atomic E-state index is 0.885. The van der Waals surface area contributed by atoms with Gasteiger partial charge in [0.2, 0.25) is 0 Å². The highest BCUT2D eigenvalue weighted by atomic mass is 14.9. The zero-order valence-corrected chi connectivity index (χ0v) is 20.0. The maximum absolute atomic E-state index is 5.01. The van der Waals surface area contributed by atoms with Gasteiger partial charge in [0.25, 0.3) is 0 Å². The van der Waals surface area contributed by atoms with E-state index in [9.17, 15) is 0 Å². The Labute approximate surface area is 199 Å². The van der Waals surface area contributed by atoms with Crippen LogP contribution in [0.2, 0.25) is 0 Å². The number of aromatic amines is 1. The van der Waals surface area contributed by atoms with Crippen molar-refractivity contribution in [2.75, 3.05) is 0 Å². The zero-order valence-electron chi connectivity index (χ0n) is 20.0. The number of imidazole rings is 1. The molecule has 3 heteroatoms. The highest BCUT2D eigenvalue weighted by molar-refractivity contribution is 6.19. The fourth-order valence-corrected chi connectivity index (χ4v) is 5.07. The van der Waals surface area contributed by atoms with Crippen LogP contribution in [-0.2, 0) is 0 Å². The first-order chi connectivity index (χ1) is 16.5. The Bertz CT molecular complexity index is 1640. The summed E-state index contributed by atoms with van der Waals surface area (Å²) in [5, 5.41) is 4.91. The average Bonchev–Trinajstić information content (AvgIpc) is 3.37. The molecule has 0 aliphatic carbocycles. The summed E-state index contributed by atoms with van der Waals surface area (Å²) in [7, 11) is 0. The van der Waals surface area contributed by atoms with Crippen molar-refractivity contribution in [3.8, 4) is 22.5 Å². The molecule has 0 saturated heterocycles. The molecule has 1 aliphatic rings. The van der Waals surface area contributed by atoms with Crippen molar-refractivity contribution in [2.24, 2.45) is 4.99 Å². The molecule has 0 unspecified atom stereocenters. The van der Waals surface area contributed by atoms with Crippen LogP contribution in [0, 0.1) is 13.8 Å². The third kappa shape index (κ3) is 3.19. The van der Waals surface area contributed by atoms with Gasteiger partial charge in [-0.1, -0.05) is 66.7 Å². The number of nitrogens with zero attached hydrogens (tertiary/aromatic N) is 2. The van der Waals surface area contributed by atoms with Gasteiger partial charge in [-0.05, 0) is 66.4 Å². The van der Waals surface area contributed by atoms with Gasteiger partial charge in [-0.3, -0.25) is 4.99 Å². The van der Waals surface area contributed by atoms with Gasteiger partial charge >= 0.3 is 0 Å². The average molecular weight is 442 g/mol. The number of allylic oxidation sites excluding steroid dienone is 2. The molecule has 1 aromatic heterocycles. The molecule has 0 atom stereocenters. The molecule has 4 aromatic carbocycles. The standard InChI is InChI=1S/C31H27N3/c1-18-17-28(32-19(18)2)26-15-13-22-9-5-7-11-24(22)29(26)30-25-12-8-6-10-23(25)14-16-27(30)31-33-20(3)21(4)34-31/h5-16H,17H2,1-4H3,(H,33,34). The minimum atomic E-state index is 0.885. The van der Waals surface area contributed by atoms with Gasteiger partial charge in [0, 0.05) is 34.5 Å². The second-order valence-electron chi connectivity index (χ2n) is 9.32. The number of aromatic nitrogens is 2. The van der Waals surface area contributed by atoms with Crippen LogP contribution in [-0.4, -0.2) is 15.7 Å². The first kappa shape index (κ1) is 20.6. The van der Waals surface area contributed by atoms with E-state index in [-0.39, 0.29) is 0 Å². The topological polar surface area (TPSA) is 41.0 Å². The molecular formula is C31H27N3. The predicted molar refractivity (Wildman–Crippen MR) is 143 cm³/mol. The van der Waals surface area contributed by atoms with E-state index in [1.54, 1.807) is 0 Å². The highest BCUT2D eigenvalue weighted by Gasteiger charge is 2.23. The fraction of sp³-hybridized carbons (Fsp3) is 0.161. The largest absolute Gasteiger partial charge is 0.342 e. The number of aliphatic imine (C=N–C) groups is 1. The molecule has 0 saturated carbocycles. The Morgan fingerprint density at radius 1 is 0.676 bits per heavy atom. The van der Waals surface area contributed by atoms with Crippen molar-refractivity contribution in [3.05, 3.63) is 101 Å². The normalized spacial score (nSPS) is 13.8. The number of fused-ring (bicyclic) bond motifs is 2. The fourth-order valence-electron chi connectivity index (χ4n) is 5.07. The lowest BCUT2D eigenvalue weighted by Crippen LogP contribution is -2.03. The molecule has 166 valence electrons. The van der Waals surface area contributed by atoms with Gasteiger partial charge in [-0.2, -0.15) is 0 Å². The summed E-state index contributed by atoms with van der Waals surface area (Å²) in [6.07, 6.45) is 0.885. The Hall–Kier alpha value is -3.98. The van der Waals surface area contributed by atoms with Crippen LogP contribution in [0.4, 0.5) is 0 Å². The van der Waals surface area contributed by atoms with Gasteiger partial charge in [0.1, 0.15) is 5.82 Å². The van der Waals surface area contributed by atoms with Gasteiger partial charge in [-0.25, -0.2) is 4.98 Å². The van der Waals surface area contributed by atoms with Gasteiger partial charge in [0.05, 0.1) is 11.4 Å². The lowest BCUT2D eigenvalue weighted by molar-refractivity contribution is 1.22. The number of hydrogen-bond acceptors (Lipinski definition) is 2. The second-order valence-corrected chi connectivity index (χ2v) is 9.32. The minimum Gasteiger partial charge on any atom is -0.342 e. The second kappa shape index (κ2) is 7.81. The number of rotatable bonds is 3. The number of H-pyrrole nitrogens is 1. The summed E-state index contributed by atoms with van der Waals surface area (Å²) in [6.45, 7) is 8.44. The van der Waals surface area contributed by atoms with Crippen LogP contribution in [0.1, 0.15) is 37.2 Å². The van der Waals surface area contributed by atoms with Crippen LogP contribution < -0.4 is 0 Å². The van der Waals surface area contributed by atoms with E-state index in [1.165, 1.54) is 43.8 Å². The van der Waals surface area contributed by atoms with Crippen molar-refractivity contribution in [3.63, 3.8) is 0 Å². The Morgan fingerprint density at radius 3 is 1.82 bits per heavy atom. The molecule has 0 radical (unpaired) electrons. The van der Waals surface area contributed by atoms with E-state index in [2.05, 4.69) is 105 Å². The van der Waals surface area contributed by atoms with E-state index in [1.807, 2.05) is 0 Å². The number of nitrogens with one attached hydrogen (secondary N) is 1. The number of hydrogen-bond donors (Lipinski definition) is 1. The summed E-state index contributed by atoms with van der Waals surface area (Å²) < 4.78 is 0. The summed E-state index contributed by atoms with van der Waals surface area (Å²) in [5.74, 6) is 0.911. The molecule has 1 aliphatic heterocycles. The monoisotopic (exact) mass is 441 g/mol. The van der Waals surface area contributed by atoms with Crippen molar-refractivity contribution >= 4 is 27.3 Å². The van der Waals surface area contributed by atoms with Crippen LogP contribution in [0.15, 0.2) is 89.1 Å². The SMILES string of the molecule is CC1=C(C)N=C(c2ccc3ccccc3c2-c2c(-c3nc(C)c(C)[nH]3)ccc3ccccc23)C1. The summed E-state index contributed by atoms with van der Waals surface area (Å²) in [4.78, 5) is 13.5. The van der Waals surface area contributed by atoms with E-state index in [4.69, 9.17) is 9.98 Å². The molecule has 2 heterocycles. The number of benzene rings is 4. The first-order valence-electron chi connectivity index (χ1n) is 11.8. The van der Waals surface area contributed by atoms with E-state index >= 15 is 0 Å². The lowest BCUT2D eigenvalue weighted by atomic mass is 9.85. The molecular weight excluding hydrogens is 414 g/mol. The molecule has 6 rings (SSSR count). The van der Waals surface area contributed by atoms with Gasteiger partial charge in [-0.15, -0.1) is 0 Å². The maximum atomic E-state index is 5.01. The molecule has 1 N–H and O–H groups in total. The van der Waals surface area contributed by atoms with Crippen molar-refractivity contribution in [1.82, 2.24) is 9.97 Å². The smallest absolute Gasteiger partial charge is 0.138 e.